The maximum absolute atomic E-state index is 13.1. The van der Waals surface area contributed by atoms with E-state index in [2.05, 4.69) is 26.2 Å². The molecule has 0 fully saturated rings. The van der Waals surface area contributed by atoms with E-state index in [-0.39, 0.29) is 6.04 Å². The number of rotatable bonds is 3. The SMILES string of the molecule is CC(Nc1cnc(Cl)c(Br)c1)c1cc(F)cc(F)c1. The van der Waals surface area contributed by atoms with E-state index in [1.165, 1.54) is 12.1 Å². The highest BCUT2D eigenvalue weighted by Crippen LogP contribution is 2.26. The highest BCUT2D eigenvalue weighted by atomic mass is 79.9. The largest absolute Gasteiger partial charge is 0.377 e. The molecule has 0 saturated carbocycles. The van der Waals surface area contributed by atoms with Gasteiger partial charge in [0.2, 0.25) is 0 Å². The van der Waals surface area contributed by atoms with Crippen molar-refractivity contribution in [2.45, 2.75) is 13.0 Å². The molecule has 1 atom stereocenters. The smallest absolute Gasteiger partial charge is 0.143 e. The normalized spacial score (nSPS) is 12.3. The van der Waals surface area contributed by atoms with Gasteiger partial charge in [-0.1, -0.05) is 11.6 Å². The summed E-state index contributed by atoms with van der Waals surface area (Å²) in [6, 6.07) is 4.91. The Hall–Kier alpha value is -1.20. The maximum atomic E-state index is 13.1. The number of halogens is 4. The van der Waals surface area contributed by atoms with Gasteiger partial charge in [0.05, 0.1) is 16.4 Å². The van der Waals surface area contributed by atoms with E-state index in [1.54, 1.807) is 19.2 Å². The minimum Gasteiger partial charge on any atom is -0.377 e. The molecule has 0 aliphatic carbocycles. The lowest BCUT2D eigenvalue weighted by Gasteiger charge is -2.16. The summed E-state index contributed by atoms with van der Waals surface area (Å²) < 4.78 is 26.9. The summed E-state index contributed by atoms with van der Waals surface area (Å²) in [6.45, 7) is 1.80. The molecule has 19 heavy (non-hydrogen) atoms. The third kappa shape index (κ3) is 3.64. The first-order chi connectivity index (χ1) is 8.95. The summed E-state index contributed by atoms with van der Waals surface area (Å²) in [5.74, 6) is -1.20. The minimum absolute atomic E-state index is 0.264. The molecule has 0 amide bonds. The number of hydrogen-bond acceptors (Lipinski definition) is 2. The molecule has 0 spiro atoms. The third-order valence-corrected chi connectivity index (χ3v) is 3.70. The fraction of sp³-hybridized carbons (Fsp3) is 0.154. The first-order valence-corrected chi connectivity index (χ1v) is 6.66. The molecule has 1 unspecified atom stereocenters. The number of nitrogens with one attached hydrogen (secondary N) is 1. The average molecular weight is 348 g/mol. The van der Waals surface area contributed by atoms with Crippen LogP contribution in [-0.2, 0) is 0 Å². The minimum atomic E-state index is -0.598. The molecule has 2 rings (SSSR count). The lowest BCUT2D eigenvalue weighted by atomic mass is 10.1. The Morgan fingerprint density at radius 1 is 1.21 bits per heavy atom. The number of aromatic nitrogens is 1. The zero-order valence-corrected chi connectivity index (χ0v) is 12.3. The molecule has 6 heteroatoms. The highest BCUT2D eigenvalue weighted by molar-refractivity contribution is 9.10. The van der Waals surface area contributed by atoms with Crippen LogP contribution in [0.5, 0.6) is 0 Å². The van der Waals surface area contributed by atoms with Gasteiger partial charge in [-0.05, 0) is 46.6 Å². The van der Waals surface area contributed by atoms with Crippen LogP contribution in [0.3, 0.4) is 0 Å². The molecule has 100 valence electrons. The molecule has 0 radical (unpaired) electrons. The lowest BCUT2D eigenvalue weighted by Crippen LogP contribution is -2.07. The first kappa shape index (κ1) is 14.2. The number of nitrogens with zero attached hydrogens (tertiary/aromatic N) is 1. The Morgan fingerprint density at radius 3 is 2.42 bits per heavy atom. The van der Waals surface area contributed by atoms with Crippen LogP contribution in [0.15, 0.2) is 34.9 Å². The fourth-order valence-electron chi connectivity index (χ4n) is 1.66. The third-order valence-electron chi connectivity index (χ3n) is 2.56. The summed E-state index contributed by atoms with van der Waals surface area (Å²) >= 11 is 9.05. The maximum Gasteiger partial charge on any atom is 0.143 e. The van der Waals surface area contributed by atoms with Crippen molar-refractivity contribution in [3.8, 4) is 0 Å². The summed E-state index contributed by atoms with van der Waals surface area (Å²) in [5, 5.41) is 3.45. The van der Waals surface area contributed by atoms with Crippen LogP contribution in [0.1, 0.15) is 18.5 Å². The molecule has 1 heterocycles. The van der Waals surface area contributed by atoms with Crippen molar-refractivity contribution >= 4 is 33.2 Å². The van der Waals surface area contributed by atoms with Crippen LogP contribution in [0.2, 0.25) is 5.15 Å². The van der Waals surface area contributed by atoms with Crippen molar-refractivity contribution in [3.63, 3.8) is 0 Å². The van der Waals surface area contributed by atoms with E-state index < -0.39 is 11.6 Å². The highest BCUT2D eigenvalue weighted by Gasteiger charge is 2.09. The molecule has 0 bridgehead atoms. The number of hydrogen-bond donors (Lipinski definition) is 1. The lowest BCUT2D eigenvalue weighted by molar-refractivity contribution is 0.577. The second-order valence-corrected chi connectivity index (χ2v) is 5.28. The monoisotopic (exact) mass is 346 g/mol. The molecule has 0 aliphatic rings. The predicted octanol–water partition coefficient (Wildman–Crippen LogP) is 4.95. The van der Waals surface area contributed by atoms with E-state index in [9.17, 15) is 8.78 Å². The summed E-state index contributed by atoms with van der Waals surface area (Å²) in [4.78, 5) is 3.97. The van der Waals surface area contributed by atoms with Gasteiger partial charge < -0.3 is 5.32 Å². The van der Waals surface area contributed by atoms with E-state index in [1.807, 2.05) is 0 Å². The van der Waals surface area contributed by atoms with Crippen LogP contribution in [0.4, 0.5) is 14.5 Å². The Bertz CT molecular complexity index is 587. The zero-order valence-electron chi connectivity index (χ0n) is 9.92. The van der Waals surface area contributed by atoms with Crippen LogP contribution >= 0.6 is 27.5 Å². The van der Waals surface area contributed by atoms with Gasteiger partial charge in [0.1, 0.15) is 16.8 Å². The molecular weight excluding hydrogens is 338 g/mol. The van der Waals surface area contributed by atoms with E-state index >= 15 is 0 Å². The predicted molar refractivity (Wildman–Crippen MR) is 75.3 cm³/mol. The van der Waals surface area contributed by atoms with Gasteiger partial charge in [0, 0.05) is 12.1 Å². The molecule has 0 aliphatic heterocycles. The topological polar surface area (TPSA) is 24.9 Å². The van der Waals surface area contributed by atoms with Crippen LogP contribution < -0.4 is 5.32 Å². The summed E-state index contributed by atoms with van der Waals surface area (Å²) in [6.07, 6.45) is 1.55. The number of benzene rings is 1. The molecule has 0 saturated heterocycles. The zero-order chi connectivity index (χ0) is 14.0. The van der Waals surface area contributed by atoms with Crippen LogP contribution in [-0.4, -0.2) is 4.98 Å². The second kappa shape index (κ2) is 5.84. The van der Waals surface area contributed by atoms with Gasteiger partial charge in [0.25, 0.3) is 0 Å². The molecule has 2 aromatic rings. The van der Waals surface area contributed by atoms with Crippen molar-refractivity contribution in [2.75, 3.05) is 5.32 Å². The van der Waals surface area contributed by atoms with E-state index in [0.29, 0.717) is 20.9 Å². The molecule has 1 aromatic carbocycles. The standard InChI is InChI=1S/C13H10BrClF2N2/c1-7(8-2-9(16)4-10(17)3-8)19-11-5-12(14)13(15)18-6-11/h2-7,19H,1H3. The van der Waals surface area contributed by atoms with Gasteiger partial charge in [-0.15, -0.1) is 0 Å². The van der Waals surface area contributed by atoms with Gasteiger partial charge >= 0.3 is 0 Å². The summed E-state index contributed by atoms with van der Waals surface area (Å²) in [7, 11) is 0. The summed E-state index contributed by atoms with van der Waals surface area (Å²) in [5.41, 5.74) is 1.22. The molecule has 2 nitrogen and oxygen atoms in total. The average Bonchev–Trinajstić information content (AvgIpc) is 2.32. The molecule has 1 aromatic heterocycles. The van der Waals surface area contributed by atoms with E-state index in [0.717, 1.165) is 6.07 Å². The van der Waals surface area contributed by atoms with Gasteiger partial charge in [0.15, 0.2) is 0 Å². The van der Waals surface area contributed by atoms with Crippen molar-refractivity contribution in [1.82, 2.24) is 4.98 Å². The first-order valence-electron chi connectivity index (χ1n) is 5.49. The van der Waals surface area contributed by atoms with Crippen molar-refractivity contribution in [3.05, 3.63) is 57.3 Å². The van der Waals surface area contributed by atoms with Crippen molar-refractivity contribution in [1.29, 1.82) is 0 Å². The Labute approximate surface area is 122 Å². The Balaban J connectivity index is 2.20. The van der Waals surface area contributed by atoms with Crippen LogP contribution in [0, 0.1) is 11.6 Å². The Kier molecular flexibility index (Phi) is 4.37. The van der Waals surface area contributed by atoms with Crippen LogP contribution in [0.25, 0.3) is 0 Å². The van der Waals surface area contributed by atoms with Crippen molar-refractivity contribution < 1.29 is 8.78 Å². The number of anilines is 1. The molecule has 1 N–H and O–H groups in total. The van der Waals surface area contributed by atoms with Gasteiger partial charge in [-0.3, -0.25) is 0 Å². The quantitative estimate of drug-likeness (QED) is 0.795. The van der Waals surface area contributed by atoms with Gasteiger partial charge in [-0.25, -0.2) is 13.8 Å². The van der Waals surface area contributed by atoms with Gasteiger partial charge in [-0.2, -0.15) is 0 Å². The fourth-order valence-corrected chi connectivity index (χ4v) is 2.11. The van der Waals surface area contributed by atoms with Crippen molar-refractivity contribution in [2.24, 2.45) is 0 Å². The van der Waals surface area contributed by atoms with E-state index in [4.69, 9.17) is 11.6 Å². The Morgan fingerprint density at radius 2 is 1.84 bits per heavy atom. The molecular formula is C13H10BrClF2N2. The second-order valence-electron chi connectivity index (χ2n) is 4.07. The number of pyridine rings is 1.